The lowest BCUT2D eigenvalue weighted by Crippen LogP contribution is -2.39. The molecule has 0 atom stereocenters. The summed E-state index contributed by atoms with van der Waals surface area (Å²) in [5, 5.41) is 22.8. The molecule has 1 aliphatic heterocycles. The smallest absolute Gasteiger partial charge is 0.356 e. The van der Waals surface area contributed by atoms with E-state index in [2.05, 4.69) is 10.7 Å². The topological polar surface area (TPSA) is 150 Å². The van der Waals surface area contributed by atoms with Crippen molar-refractivity contribution in [3.63, 3.8) is 0 Å². The van der Waals surface area contributed by atoms with Gasteiger partial charge in [-0.3, -0.25) is 15.0 Å². The zero-order chi connectivity index (χ0) is 23.9. The van der Waals surface area contributed by atoms with Crippen molar-refractivity contribution >= 4 is 34.4 Å². The Hall–Kier alpha value is -4.54. The van der Waals surface area contributed by atoms with Gasteiger partial charge in [-0.1, -0.05) is 11.6 Å². The first-order chi connectivity index (χ1) is 15.8. The minimum atomic E-state index is -0.832. The third-order valence-electron chi connectivity index (χ3n) is 4.98. The molecule has 0 saturated carbocycles. The molecule has 0 fully saturated rings. The number of aromatic nitrogens is 1. The maximum absolute atomic E-state index is 13.2. The molecule has 1 aliphatic rings. The molecule has 0 saturated heterocycles. The van der Waals surface area contributed by atoms with Gasteiger partial charge < -0.3 is 14.5 Å². The molecule has 0 amide bonds. The largest absolute Gasteiger partial charge is 0.463 e. The molecule has 0 unspecified atom stereocenters. The van der Waals surface area contributed by atoms with Gasteiger partial charge in [-0.05, 0) is 32.0 Å². The van der Waals surface area contributed by atoms with Crippen LogP contribution in [-0.2, 0) is 9.53 Å². The van der Waals surface area contributed by atoms with E-state index >= 15 is 0 Å². The van der Waals surface area contributed by atoms with E-state index < -0.39 is 22.5 Å². The third-order valence-corrected chi connectivity index (χ3v) is 5.22. The second-order valence-electron chi connectivity index (χ2n) is 6.91. The van der Waals surface area contributed by atoms with Crippen LogP contribution in [0.1, 0.15) is 25.0 Å². The summed E-state index contributed by atoms with van der Waals surface area (Å²) in [5.74, 6) is -0.841. The van der Waals surface area contributed by atoms with Crippen LogP contribution >= 0.6 is 11.6 Å². The van der Waals surface area contributed by atoms with Gasteiger partial charge in [0.05, 0.1) is 23.3 Å². The molecule has 3 aromatic rings. The number of hydrogen-bond acceptors (Lipinski definition) is 9. The van der Waals surface area contributed by atoms with Crippen molar-refractivity contribution in [3.05, 3.63) is 72.6 Å². The van der Waals surface area contributed by atoms with E-state index in [-0.39, 0.29) is 56.5 Å². The molecule has 1 aromatic carbocycles. The number of ether oxygens (including phenoxy) is 1. The number of allylic oxidation sites excluding steroid dienone is 1. The van der Waals surface area contributed by atoms with E-state index in [0.717, 1.165) is 10.9 Å². The number of nitrogens with one attached hydrogen (secondary N) is 2. The average Bonchev–Trinajstić information content (AvgIpc) is 2.80. The van der Waals surface area contributed by atoms with Crippen LogP contribution in [0, 0.1) is 22.7 Å². The minimum Gasteiger partial charge on any atom is -0.463 e. The van der Waals surface area contributed by atoms with Gasteiger partial charge >= 0.3 is 5.97 Å². The number of anilines is 1. The molecule has 4 rings (SSSR count). The van der Waals surface area contributed by atoms with Gasteiger partial charge in [0.15, 0.2) is 5.82 Å². The molecule has 10 nitrogen and oxygen atoms in total. The minimum absolute atomic E-state index is 0.0271. The maximum Gasteiger partial charge on any atom is 0.356 e. The van der Waals surface area contributed by atoms with Crippen LogP contribution in [-0.4, -0.2) is 17.3 Å². The van der Waals surface area contributed by atoms with E-state index in [1.54, 1.807) is 19.1 Å². The van der Waals surface area contributed by atoms with Crippen LogP contribution in [0.25, 0.3) is 22.1 Å². The molecule has 11 heteroatoms. The molecule has 0 aliphatic carbocycles. The van der Waals surface area contributed by atoms with Crippen molar-refractivity contribution in [2.45, 2.75) is 13.8 Å². The van der Waals surface area contributed by atoms with Crippen molar-refractivity contribution < 1.29 is 13.9 Å². The van der Waals surface area contributed by atoms with Crippen molar-refractivity contribution in [1.29, 1.82) is 10.5 Å². The standard InChI is InChI=1S/C22H14ClN5O5/c1-3-32-22(31)18-10(2)27-28-20(26-18)13(7-24)17(14(8-25)21(28)30)15-9-33-16-5-4-11(23)6-12(16)19(15)29/h4-6,9,26-27H,3H2,1-2H3. The Labute approximate surface area is 190 Å². The number of hydrogen-bond donors (Lipinski definition) is 2. The monoisotopic (exact) mass is 463 g/mol. The first-order valence-corrected chi connectivity index (χ1v) is 9.96. The highest BCUT2D eigenvalue weighted by atomic mass is 35.5. The van der Waals surface area contributed by atoms with E-state index in [1.165, 1.54) is 19.1 Å². The van der Waals surface area contributed by atoms with Crippen molar-refractivity contribution in [2.24, 2.45) is 0 Å². The Morgan fingerprint density at radius 3 is 2.64 bits per heavy atom. The van der Waals surface area contributed by atoms with Gasteiger partial charge in [0, 0.05) is 10.6 Å². The van der Waals surface area contributed by atoms with Crippen molar-refractivity contribution in [2.75, 3.05) is 17.3 Å². The summed E-state index contributed by atoms with van der Waals surface area (Å²) in [6.45, 7) is 3.25. The zero-order valence-electron chi connectivity index (χ0n) is 17.3. The summed E-state index contributed by atoms with van der Waals surface area (Å²) in [7, 11) is 0. The fraction of sp³-hybridized carbons (Fsp3) is 0.136. The number of fused-ring (bicyclic) bond motifs is 2. The lowest BCUT2D eigenvalue weighted by atomic mass is 9.96. The predicted molar refractivity (Wildman–Crippen MR) is 119 cm³/mol. The van der Waals surface area contributed by atoms with Gasteiger partial charge in [-0.2, -0.15) is 10.5 Å². The number of rotatable bonds is 3. The maximum atomic E-state index is 13.2. The number of nitrogens with zero attached hydrogens (tertiary/aromatic N) is 3. The Bertz CT molecular complexity index is 1590. The zero-order valence-corrected chi connectivity index (χ0v) is 18.0. The molecule has 164 valence electrons. The molecule has 33 heavy (non-hydrogen) atoms. The van der Waals surface area contributed by atoms with E-state index in [9.17, 15) is 24.9 Å². The van der Waals surface area contributed by atoms with Crippen LogP contribution in [0.5, 0.6) is 0 Å². The molecule has 0 bridgehead atoms. The Kier molecular flexibility index (Phi) is 5.38. The van der Waals surface area contributed by atoms with Gasteiger partial charge in [0.2, 0.25) is 5.43 Å². The predicted octanol–water partition coefficient (Wildman–Crippen LogP) is 2.78. The Morgan fingerprint density at radius 2 is 1.97 bits per heavy atom. The molecular weight excluding hydrogens is 450 g/mol. The van der Waals surface area contributed by atoms with E-state index in [1.807, 2.05) is 6.07 Å². The molecule has 0 spiro atoms. The SMILES string of the molecule is CCOC(=O)C1=C(C)Nn2c(c(C#N)c(-c3coc4ccc(Cl)cc4c3=O)c(C#N)c2=O)N1. The third kappa shape index (κ3) is 3.39. The first kappa shape index (κ1) is 21.7. The highest BCUT2D eigenvalue weighted by molar-refractivity contribution is 6.31. The lowest BCUT2D eigenvalue weighted by Gasteiger charge is -2.26. The van der Waals surface area contributed by atoms with Crippen LogP contribution in [0.3, 0.4) is 0 Å². The van der Waals surface area contributed by atoms with E-state index in [0.29, 0.717) is 0 Å². The Balaban J connectivity index is 2.05. The van der Waals surface area contributed by atoms with E-state index in [4.69, 9.17) is 20.8 Å². The summed E-state index contributed by atoms with van der Waals surface area (Å²) in [6, 6.07) is 8.14. The fourth-order valence-electron chi connectivity index (χ4n) is 3.50. The van der Waals surface area contributed by atoms with Gasteiger partial charge in [-0.15, -0.1) is 0 Å². The summed E-state index contributed by atoms with van der Waals surface area (Å²) >= 11 is 6.01. The van der Waals surface area contributed by atoms with Gasteiger partial charge in [-0.25, -0.2) is 9.47 Å². The summed E-state index contributed by atoms with van der Waals surface area (Å²) in [5.41, 5.74) is 0.661. The quantitative estimate of drug-likeness (QED) is 0.558. The molecular formula is C22H14ClN5O5. The summed E-state index contributed by atoms with van der Waals surface area (Å²) in [4.78, 5) is 38.7. The van der Waals surface area contributed by atoms with Crippen LogP contribution < -0.4 is 21.7 Å². The number of esters is 1. The number of carbonyl (C=O) groups is 1. The van der Waals surface area contributed by atoms with Crippen LogP contribution in [0.4, 0.5) is 5.82 Å². The first-order valence-electron chi connectivity index (χ1n) is 9.59. The number of nitriles is 2. The van der Waals surface area contributed by atoms with Crippen LogP contribution in [0.2, 0.25) is 5.02 Å². The van der Waals surface area contributed by atoms with Gasteiger partial charge in [0.25, 0.3) is 5.56 Å². The fourth-order valence-corrected chi connectivity index (χ4v) is 3.67. The van der Waals surface area contributed by atoms with Crippen molar-refractivity contribution in [1.82, 2.24) is 4.68 Å². The molecule has 3 heterocycles. The second kappa shape index (κ2) is 8.19. The molecule has 0 radical (unpaired) electrons. The van der Waals surface area contributed by atoms with Crippen molar-refractivity contribution in [3.8, 4) is 23.3 Å². The summed E-state index contributed by atoms with van der Waals surface area (Å²) < 4.78 is 11.5. The summed E-state index contributed by atoms with van der Waals surface area (Å²) in [6.07, 6.45) is 1.08. The normalized spacial score (nSPS) is 12.3. The van der Waals surface area contributed by atoms with Gasteiger partial charge in [0.1, 0.15) is 40.8 Å². The lowest BCUT2D eigenvalue weighted by molar-refractivity contribution is -0.138. The second-order valence-corrected chi connectivity index (χ2v) is 7.35. The Morgan fingerprint density at radius 1 is 1.24 bits per heavy atom. The highest BCUT2D eigenvalue weighted by Gasteiger charge is 2.30. The van der Waals surface area contributed by atoms with Crippen LogP contribution in [0.15, 0.2) is 49.9 Å². The number of benzene rings is 1. The average molecular weight is 464 g/mol. The number of carbonyl (C=O) groups excluding carboxylic acids is 1. The molecule has 2 aromatic heterocycles. The number of pyridine rings is 1. The highest BCUT2D eigenvalue weighted by Crippen LogP contribution is 2.32. The number of halogens is 1. The molecule has 2 N–H and O–H groups in total.